The summed E-state index contributed by atoms with van der Waals surface area (Å²) < 4.78 is 0. The number of H-pyrrole nitrogens is 1. The van der Waals surface area contributed by atoms with Crippen LogP contribution in [0.3, 0.4) is 0 Å². The molecule has 2 heterocycles. The van der Waals surface area contributed by atoms with Gasteiger partial charge in [-0.2, -0.15) is 0 Å². The molecule has 0 saturated heterocycles. The van der Waals surface area contributed by atoms with Gasteiger partial charge in [-0.3, -0.25) is 4.90 Å². The van der Waals surface area contributed by atoms with Gasteiger partial charge in [-0.1, -0.05) is 13.8 Å². The Kier molecular flexibility index (Phi) is 5.13. The first-order valence-corrected chi connectivity index (χ1v) is 7.69. The number of hydrogen-bond acceptors (Lipinski definition) is 4. The van der Waals surface area contributed by atoms with Crippen molar-refractivity contribution in [2.75, 3.05) is 19.6 Å². The zero-order valence-electron chi connectivity index (χ0n) is 11.6. The van der Waals surface area contributed by atoms with Crippen LogP contribution in [0.2, 0.25) is 0 Å². The summed E-state index contributed by atoms with van der Waals surface area (Å²) in [6.45, 7) is 7.04. The van der Waals surface area contributed by atoms with Crippen molar-refractivity contribution in [3.63, 3.8) is 0 Å². The number of rotatable bonds is 7. The van der Waals surface area contributed by atoms with E-state index in [0.717, 1.165) is 30.2 Å². The summed E-state index contributed by atoms with van der Waals surface area (Å²) in [6.07, 6.45) is 2.83. The Hall–Kier alpha value is -1.17. The summed E-state index contributed by atoms with van der Waals surface area (Å²) in [5.74, 6) is 0. The van der Waals surface area contributed by atoms with E-state index in [2.05, 4.69) is 35.2 Å². The highest BCUT2D eigenvalue weighted by molar-refractivity contribution is 7.09. The van der Waals surface area contributed by atoms with Gasteiger partial charge in [-0.15, -0.1) is 11.3 Å². The molecule has 5 heteroatoms. The number of thiazole rings is 1. The standard InChI is InChI=1S/C14H22N4S/c1-3-18(4-2)13(12-6-5-9-16-12)14-17-11(7-8-15)10-19-14/h5-6,9-10,13,16H,3-4,7-8,15H2,1-2H3. The minimum absolute atomic E-state index is 0.224. The van der Waals surface area contributed by atoms with Gasteiger partial charge in [0.25, 0.3) is 0 Å². The van der Waals surface area contributed by atoms with Crippen LogP contribution >= 0.6 is 11.3 Å². The Bertz CT molecular complexity index is 473. The largest absolute Gasteiger partial charge is 0.363 e. The maximum Gasteiger partial charge on any atom is 0.116 e. The molecular weight excluding hydrogens is 256 g/mol. The fourth-order valence-electron chi connectivity index (χ4n) is 2.30. The molecule has 104 valence electrons. The van der Waals surface area contributed by atoms with E-state index in [1.165, 1.54) is 5.69 Å². The lowest BCUT2D eigenvalue weighted by Gasteiger charge is -2.27. The molecule has 1 unspecified atom stereocenters. The average molecular weight is 278 g/mol. The number of aromatic nitrogens is 2. The fraction of sp³-hybridized carbons (Fsp3) is 0.500. The molecule has 2 rings (SSSR count). The van der Waals surface area contributed by atoms with E-state index in [1.807, 2.05) is 12.3 Å². The first kappa shape index (κ1) is 14.2. The zero-order valence-corrected chi connectivity index (χ0v) is 12.4. The Labute approximate surface area is 118 Å². The third kappa shape index (κ3) is 3.23. The molecule has 0 aromatic carbocycles. The quantitative estimate of drug-likeness (QED) is 0.817. The van der Waals surface area contributed by atoms with E-state index in [9.17, 15) is 0 Å². The molecule has 2 aromatic heterocycles. The second-order valence-corrected chi connectivity index (χ2v) is 5.35. The number of nitrogens with zero attached hydrogens (tertiary/aromatic N) is 2. The van der Waals surface area contributed by atoms with Crippen LogP contribution in [0.1, 0.15) is 36.3 Å². The van der Waals surface area contributed by atoms with Crippen molar-refractivity contribution in [3.05, 3.63) is 40.1 Å². The average Bonchev–Trinajstić information content (AvgIpc) is 3.07. The van der Waals surface area contributed by atoms with Gasteiger partial charge in [0, 0.05) is 23.7 Å². The molecule has 3 N–H and O–H groups in total. The summed E-state index contributed by atoms with van der Waals surface area (Å²) in [6, 6.07) is 4.40. The van der Waals surface area contributed by atoms with Crippen LogP contribution in [0.15, 0.2) is 23.7 Å². The maximum atomic E-state index is 5.60. The normalized spacial score (nSPS) is 13.1. The second-order valence-electron chi connectivity index (χ2n) is 4.46. The van der Waals surface area contributed by atoms with Crippen molar-refractivity contribution in [2.24, 2.45) is 5.73 Å². The summed E-state index contributed by atoms with van der Waals surface area (Å²) in [7, 11) is 0. The van der Waals surface area contributed by atoms with E-state index in [-0.39, 0.29) is 6.04 Å². The molecule has 0 aliphatic rings. The van der Waals surface area contributed by atoms with Crippen LogP contribution in [-0.4, -0.2) is 34.5 Å². The highest BCUT2D eigenvalue weighted by atomic mass is 32.1. The predicted octanol–water partition coefficient (Wildman–Crippen LogP) is 2.40. The van der Waals surface area contributed by atoms with Crippen LogP contribution in [0.5, 0.6) is 0 Å². The molecule has 4 nitrogen and oxygen atoms in total. The van der Waals surface area contributed by atoms with Crippen molar-refractivity contribution >= 4 is 11.3 Å². The summed E-state index contributed by atoms with van der Waals surface area (Å²) in [4.78, 5) is 10.5. The Morgan fingerprint density at radius 3 is 2.79 bits per heavy atom. The molecule has 0 amide bonds. The number of hydrogen-bond donors (Lipinski definition) is 2. The molecule has 1 atom stereocenters. The minimum Gasteiger partial charge on any atom is -0.363 e. The monoisotopic (exact) mass is 278 g/mol. The van der Waals surface area contributed by atoms with Crippen molar-refractivity contribution in [3.8, 4) is 0 Å². The van der Waals surface area contributed by atoms with Crippen molar-refractivity contribution in [2.45, 2.75) is 26.3 Å². The molecular formula is C14H22N4S. The first-order chi connectivity index (χ1) is 9.30. The van der Waals surface area contributed by atoms with Gasteiger partial charge in [0.1, 0.15) is 11.0 Å². The summed E-state index contributed by atoms with van der Waals surface area (Å²) in [5, 5.41) is 3.27. The minimum atomic E-state index is 0.224. The molecule has 0 aliphatic carbocycles. The fourth-order valence-corrected chi connectivity index (χ4v) is 3.30. The van der Waals surface area contributed by atoms with Crippen molar-refractivity contribution in [1.82, 2.24) is 14.9 Å². The highest BCUT2D eigenvalue weighted by Crippen LogP contribution is 2.29. The van der Waals surface area contributed by atoms with Crippen molar-refractivity contribution in [1.29, 1.82) is 0 Å². The summed E-state index contributed by atoms with van der Waals surface area (Å²) in [5.41, 5.74) is 7.91. The summed E-state index contributed by atoms with van der Waals surface area (Å²) >= 11 is 1.73. The smallest absolute Gasteiger partial charge is 0.116 e. The van der Waals surface area contributed by atoms with Gasteiger partial charge in [-0.25, -0.2) is 4.98 Å². The maximum absolute atomic E-state index is 5.60. The third-order valence-electron chi connectivity index (χ3n) is 3.30. The highest BCUT2D eigenvalue weighted by Gasteiger charge is 2.23. The Morgan fingerprint density at radius 2 is 2.21 bits per heavy atom. The van der Waals surface area contributed by atoms with Gasteiger partial charge in [0.2, 0.25) is 0 Å². The van der Waals surface area contributed by atoms with Gasteiger partial charge >= 0.3 is 0 Å². The predicted molar refractivity (Wildman–Crippen MR) is 80.4 cm³/mol. The van der Waals surface area contributed by atoms with Crippen LogP contribution < -0.4 is 5.73 Å². The molecule has 0 aliphatic heterocycles. The van der Waals surface area contributed by atoms with E-state index >= 15 is 0 Å². The van der Waals surface area contributed by atoms with Crippen molar-refractivity contribution < 1.29 is 0 Å². The van der Waals surface area contributed by atoms with Gasteiger partial charge in [0.15, 0.2) is 0 Å². The Morgan fingerprint density at radius 1 is 1.42 bits per heavy atom. The lowest BCUT2D eigenvalue weighted by Crippen LogP contribution is -2.29. The third-order valence-corrected chi connectivity index (χ3v) is 4.24. The zero-order chi connectivity index (χ0) is 13.7. The topological polar surface area (TPSA) is 57.9 Å². The van der Waals surface area contributed by atoms with E-state index in [4.69, 9.17) is 10.7 Å². The van der Waals surface area contributed by atoms with Crippen LogP contribution in [0.25, 0.3) is 0 Å². The number of nitrogens with two attached hydrogens (primary N) is 1. The van der Waals surface area contributed by atoms with Gasteiger partial charge in [-0.05, 0) is 31.8 Å². The Balaban J connectivity index is 2.30. The van der Waals surface area contributed by atoms with Crippen LogP contribution in [-0.2, 0) is 6.42 Å². The molecule has 19 heavy (non-hydrogen) atoms. The van der Waals surface area contributed by atoms with Crippen LogP contribution in [0, 0.1) is 0 Å². The molecule has 0 fully saturated rings. The number of aromatic amines is 1. The second kappa shape index (κ2) is 6.84. The molecule has 0 saturated carbocycles. The number of nitrogens with one attached hydrogen (secondary N) is 1. The SMILES string of the molecule is CCN(CC)C(c1ccc[nH]1)c1nc(CCN)cs1. The van der Waals surface area contributed by atoms with Gasteiger partial charge in [0.05, 0.1) is 5.69 Å². The van der Waals surface area contributed by atoms with Gasteiger partial charge < -0.3 is 10.7 Å². The van der Waals surface area contributed by atoms with E-state index in [1.54, 1.807) is 11.3 Å². The van der Waals surface area contributed by atoms with E-state index < -0.39 is 0 Å². The molecule has 2 aromatic rings. The molecule has 0 spiro atoms. The van der Waals surface area contributed by atoms with E-state index in [0.29, 0.717) is 6.54 Å². The lowest BCUT2D eigenvalue weighted by molar-refractivity contribution is 0.246. The molecule has 0 radical (unpaired) electrons. The lowest BCUT2D eigenvalue weighted by atomic mass is 10.2. The molecule has 0 bridgehead atoms. The van der Waals surface area contributed by atoms with Crippen LogP contribution in [0.4, 0.5) is 0 Å². The first-order valence-electron chi connectivity index (χ1n) is 6.81.